The molecule has 0 spiro atoms. The first-order chi connectivity index (χ1) is 14.7. The molecule has 0 aliphatic carbocycles. The number of anilines is 1. The fourth-order valence-electron chi connectivity index (χ4n) is 3.50. The van der Waals surface area contributed by atoms with E-state index in [9.17, 15) is 4.79 Å². The summed E-state index contributed by atoms with van der Waals surface area (Å²) in [6, 6.07) is 7.69. The number of ketones is 1. The lowest BCUT2D eigenvalue weighted by Crippen LogP contribution is -2.30. The quantitative estimate of drug-likeness (QED) is 0.480. The smallest absolute Gasteiger partial charge is 0.227 e. The SMILES string of the molecule is CC(=O)c1cccc(CNc2nc(=NCC(C)N)n(C(C)C)c3c(C(C)C)[nH]nc23)c1. The van der Waals surface area contributed by atoms with Gasteiger partial charge in [0, 0.05) is 24.2 Å². The minimum Gasteiger partial charge on any atom is -0.364 e. The molecule has 1 unspecified atom stereocenters. The van der Waals surface area contributed by atoms with Crippen molar-refractivity contribution in [2.75, 3.05) is 11.9 Å². The van der Waals surface area contributed by atoms with E-state index in [2.05, 4.69) is 47.8 Å². The van der Waals surface area contributed by atoms with Gasteiger partial charge in [0.15, 0.2) is 17.1 Å². The maximum Gasteiger partial charge on any atom is 0.227 e. The molecular weight excluding hydrogens is 390 g/mol. The third-order valence-electron chi connectivity index (χ3n) is 5.07. The van der Waals surface area contributed by atoms with Crippen molar-refractivity contribution in [3.05, 3.63) is 46.7 Å². The molecule has 0 bridgehead atoms. The molecule has 166 valence electrons. The molecule has 1 aromatic carbocycles. The van der Waals surface area contributed by atoms with Gasteiger partial charge in [-0.05, 0) is 45.2 Å². The Bertz CT molecular complexity index is 1140. The number of H-pyrrole nitrogens is 1. The maximum atomic E-state index is 11.7. The van der Waals surface area contributed by atoms with E-state index in [1.165, 1.54) is 0 Å². The van der Waals surface area contributed by atoms with E-state index < -0.39 is 0 Å². The average molecular weight is 424 g/mol. The predicted octanol–water partition coefficient (Wildman–Crippen LogP) is 3.53. The van der Waals surface area contributed by atoms with Gasteiger partial charge in [0.2, 0.25) is 5.62 Å². The summed E-state index contributed by atoms with van der Waals surface area (Å²) in [4.78, 5) is 21.2. The molecule has 1 atom stereocenters. The first-order valence-electron chi connectivity index (χ1n) is 10.8. The molecule has 4 N–H and O–H groups in total. The zero-order valence-electron chi connectivity index (χ0n) is 19.2. The number of fused-ring (bicyclic) bond motifs is 1. The molecule has 0 aliphatic rings. The highest BCUT2D eigenvalue weighted by atomic mass is 16.1. The van der Waals surface area contributed by atoms with E-state index >= 15 is 0 Å². The fourth-order valence-corrected chi connectivity index (χ4v) is 3.50. The zero-order valence-corrected chi connectivity index (χ0v) is 19.2. The molecule has 31 heavy (non-hydrogen) atoms. The summed E-state index contributed by atoms with van der Waals surface area (Å²) in [5.74, 6) is 0.969. The summed E-state index contributed by atoms with van der Waals surface area (Å²) in [7, 11) is 0. The van der Waals surface area contributed by atoms with Crippen LogP contribution in [0.15, 0.2) is 29.3 Å². The Hall–Kier alpha value is -3.00. The number of nitrogens with zero attached hydrogens (tertiary/aromatic N) is 4. The molecule has 8 nitrogen and oxygen atoms in total. The van der Waals surface area contributed by atoms with Gasteiger partial charge in [-0.15, -0.1) is 0 Å². The molecule has 0 fully saturated rings. The number of hydrogen-bond donors (Lipinski definition) is 3. The van der Waals surface area contributed by atoms with Crippen LogP contribution in [-0.4, -0.2) is 38.1 Å². The molecule has 0 amide bonds. The van der Waals surface area contributed by atoms with Gasteiger partial charge in [-0.25, -0.2) is 4.99 Å². The summed E-state index contributed by atoms with van der Waals surface area (Å²) in [6.45, 7) is 13.0. The summed E-state index contributed by atoms with van der Waals surface area (Å²) in [5, 5.41) is 11.2. The number of hydrogen-bond acceptors (Lipinski definition) is 6. The van der Waals surface area contributed by atoms with E-state index in [0.717, 1.165) is 22.3 Å². The largest absolute Gasteiger partial charge is 0.364 e. The van der Waals surface area contributed by atoms with Crippen molar-refractivity contribution < 1.29 is 4.79 Å². The molecule has 0 aliphatic heterocycles. The van der Waals surface area contributed by atoms with Crippen molar-refractivity contribution in [3.63, 3.8) is 0 Å². The molecule has 3 aromatic rings. The molecule has 3 rings (SSSR count). The minimum absolute atomic E-state index is 0.0471. The number of nitrogens with two attached hydrogens (primary N) is 1. The van der Waals surface area contributed by atoms with E-state index in [1.807, 2.05) is 31.2 Å². The van der Waals surface area contributed by atoms with E-state index in [1.54, 1.807) is 6.92 Å². The van der Waals surface area contributed by atoms with Crippen molar-refractivity contribution in [2.24, 2.45) is 10.7 Å². The predicted molar refractivity (Wildman–Crippen MR) is 124 cm³/mol. The van der Waals surface area contributed by atoms with Crippen molar-refractivity contribution in [3.8, 4) is 0 Å². The van der Waals surface area contributed by atoms with Crippen molar-refractivity contribution in [2.45, 2.75) is 66.1 Å². The van der Waals surface area contributed by atoms with Gasteiger partial charge in [-0.1, -0.05) is 32.0 Å². The lowest BCUT2D eigenvalue weighted by atomic mass is 10.1. The lowest BCUT2D eigenvalue weighted by molar-refractivity contribution is 0.101. The van der Waals surface area contributed by atoms with Gasteiger partial charge in [0.1, 0.15) is 0 Å². The zero-order chi connectivity index (χ0) is 22.7. The van der Waals surface area contributed by atoms with Crippen LogP contribution in [0.3, 0.4) is 0 Å². The average Bonchev–Trinajstić information content (AvgIpc) is 3.15. The number of rotatable bonds is 8. The summed E-state index contributed by atoms with van der Waals surface area (Å²) >= 11 is 0. The van der Waals surface area contributed by atoms with Crippen molar-refractivity contribution in [1.82, 2.24) is 19.7 Å². The van der Waals surface area contributed by atoms with Crippen molar-refractivity contribution >= 4 is 22.6 Å². The molecule has 2 aromatic heterocycles. The Labute approximate surface area is 183 Å². The van der Waals surface area contributed by atoms with Crippen LogP contribution in [0, 0.1) is 0 Å². The normalized spacial score (nSPS) is 13.4. The maximum absolute atomic E-state index is 11.7. The minimum atomic E-state index is -0.0576. The van der Waals surface area contributed by atoms with Crippen LogP contribution in [0.5, 0.6) is 0 Å². The number of Topliss-reactive ketones (excluding diaryl/α,β-unsaturated/α-hetero) is 1. The van der Waals surface area contributed by atoms with Crippen LogP contribution in [0.2, 0.25) is 0 Å². The summed E-state index contributed by atoms with van der Waals surface area (Å²) < 4.78 is 2.12. The first kappa shape index (κ1) is 22.7. The second kappa shape index (κ2) is 9.43. The molecule has 2 heterocycles. The Kier molecular flexibility index (Phi) is 6.90. The van der Waals surface area contributed by atoms with Gasteiger partial charge in [0.05, 0.1) is 17.8 Å². The number of nitrogens with one attached hydrogen (secondary N) is 2. The van der Waals surface area contributed by atoms with Crippen LogP contribution in [0.25, 0.3) is 11.0 Å². The van der Waals surface area contributed by atoms with E-state index in [0.29, 0.717) is 30.1 Å². The van der Waals surface area contributed by atoms with Gasteiger partial charge in [0.25, 0.3) is 0 Å². The molecule has 0 saturated heterocycles. The highest BCUT2D eigenvalue weighted by Gasteiger charge is 2.20. The number of aromatic nitrogens is 4. The second-order valence-electron chi connectivity index (χ2n) is 8.64. The van der Waals surface area contributed by atoms with Crippen LogP contribution in [-0.2, 0) is 6.54 Å². The molecular formula is C23H33N7O. The first-order valence-corrected chi connectivity index (χ1v) is 10.8. The fraction of sp³-hybridized carbons (Fsp3) is 0.478. The van der Waals surface area contributed by atoms with Crippen molar-refractivity contribution in [1.29, 1.82) is 0 Å². The van der Waals surface area contributed by atoms with E-state index in [4.69, 9.17) is 15.7 Å². The topological polar surface area (TPSA) is 114 Å². The van der Waals surface area contributed by atoms with Gasteiger partial charge < -0.3 is 15.6 Å². The van der Waals surface area contributed by atoms with Gasteiger partial charge >= 0.3 is 0 Å². The van der Waals surface area contributed by atoms with Crippen LogP contribution < -0.4 is 16.7 Å². The number of aromatic amines is 1. The number of carbonyl (C=O) groups excluding carboxylic acids is 1. The highest BCUT2D eigenvalue weighted by Crippen LogP contribution is 2.27. The number of carbonyl (C=O) groups is 1. The van der Waals surface area contributed by atoms with E-state index in [-0.39, 0.29) is 23.8 Å². The second-order valence-corrected chi connectivity index (χ2v) is 8.64. The van der Waals surface area contributed by atoms with Crippen LogP contribution in [0.4, 0.5) is 5.82 Å². The Balaban J connectivity index is 2.13. The number of benzene rings is 1. The Morgan fingerprint density at radius 3 is 2.61 bits per heavy atom. The van der Waals surface area contributed by atoms with Gasteiger partial charge in [-0.2, -0.15) is 10.1 Å². The Morgan fingerprint density at radius 1 is 1.26 bits per heavy atom. The summed E-state index contributed by atoms with van der Waals surface area (Å²) in [5.41, 5.74) is 11.1. The van der Waals surface area contributed by atoms with Crippen LogP contribution >= 0.6 is 0 Å². The van der Waals surface area contributed by atoms with Gasteiger partial charge in [-0.3, -0.25) is 9.89 Å². The van der Waals surface area contributed by atoms with Crippen LogP contribution in [0.1, 0.15) is 75.1 Å². The standard InChI is InChI=1S/C23H33N7O/c1-13(2)19-21-20(29-28-19)22(25-12-17-8-7-9-18(10-17)16(6)31)27-23(26-11-15(5)24)30(21)14(3)4/h7-10,13-15H,11-12,24H2,1-6H3,(H,28,29)(H,25,26,27). The summed E-state index contributed by atoms with van der Waals surface area (Å²) in [6.07, 6.45) is 0. The molecule has 8 heteroatoms. The highest BCUT2D eigenvalue weighted by molar-refractivity contribution is 5.94. The third-order valence-corrected chi connectivity index (χ3v) is 5.07. The molecule has 0 radical (unpaired) electrons. The monoisotopic (exact) mass is 423 g/mol. The lowest BCUT2D eigenvalue weighted by Gasteiger charge is -2.17. The third kappa shape index (κ3) is 5.02. The molecule has 0 saturated carbocycles. The Morgan fingerprint density at radius 2 is 2.00 bits per heavy atom.